The summed E-state index contributed by atoms with van der Waals surface area (Å²) in [6.07, 6.45) is 10.6. The average Bonchev–Trinajstić information content (AvgIpc) is 2.51. The Morgan fingerprint density at radius 1 is 1.21 bits per heavy atom. The highest BCUT2D eigenvalue weighted by atomic mass is 16.6. The van der Waals surface area contributed by atoms with Crippen LogP contribution in [0.1, 0.15) is 79.1 Å². The molecule has 0 bridgehead atoms. The van der Waals surface area contributed by atoms with Gasteiger partial charge in [0.05, 0.1) is 0 Å². The monoisotopic (exact) mass is 338 g/mol. The summed E-state index contributed by atoms with van der Waals surface area (Å²) >= 11 is 0. The molecule has 4 nitrogen and oxygen atoms in total. The van der Waals surface area contributed by atoms with E-state index >= 15 is 0 Å². The maximum Gasteiger partial charge on any atom is 0.331 e. The van der Waals surface area contributed by atoms with Crippen LogP contribution < -0.4 is 0 Å². The lowest BCUT2D eigenvalue weighted by atomic mass is 9.71. The number of carbonyl (C=O) groups excluding carboxylic acids is 1. The SMILES string of the molecule is CCCCC(C)(OC(=O)/C=C/C(=O)O)C1CCC(CC(C)C)CC1. The van der Waals surface area contributed by atoms with Crippen LogP contribution >= 0.6 is 0 Å². The summed E-state index contributed by atoms with van der Waals surface area (Å²) < 4.78 is 5.76. The van der Waals surface area contributed by atoms with Crippen molar-refractivity contribution in [3.63, 3.8) is 0 Å². The summed E-state index contributed by atoms with van der Waals surface area (Å²) in [5.74, 6) is 0.225. The number of ether oxygens (including phenoxy) is 1. The van der Waals surface area contributed by atoms with E-state index in [1.165, 1.54) is 19.3 Å². The van der Waals surface area contributed by atoms with Gasteiger partial charge in [-0.05, 0) is 56.8 Å². The van der Waals surface area contributed by atoms with Crippen LogP contribution in [0.3, 0.4) is 0 Å². The van der Waals surface area contributed by atoms with Crippen molar-refractivity contribution in [3.05, 3.63) is 12.2 Å². The summed E-state index contributed by atoms with van der Waals surface area (Å²) in [6.45, 7) is 8.71. The van der Waals surface area contributed by atoms with Crippen LogP contribution in [0.2, 0.25) is 0 Å². The zero-order valence-corrected chi connectivity index (χ0v) is 15.7. The Morgan fingerprint density at radius 3 is 2.33 bits per heavy atom. The van der Waals surface area contributed by atoms with Gasteiger partial charge in [-0.1, -0.05) is 40.0 Å². The predicted molar refractivity (Wildman–Crippen MR) is 95.7 cm³/mol. The number of rotatable bonds is 9. The van der Waals surface area contributed by atoms with E-state index in [0.29, 0.717) is 5.92 Å². The number of carbonyl (C=O) groups is 2. The quantitative estimate of drug-likeness (QED) is 0.476. The molecule has 1 saturated carbocycles. The summed E-state index contributed by atoms with van der Waals surface area (Å²) in [6, 6.07) is 0. The van der Waals surface area contributed by atoms with E-state index in [2.05, 4.69) is 20.8 Å². The van der Waals surface area contributed by atoms with Crippen LogP contribution in [0.15, 0.2) is 12.2 Å². The maximum absolute atomic E-state index is 12.0. The number of unbranched alkanes of at least 4 members (excludes halogenated alkanes) is 1. The maximum atomic E-state index is 12.0. The first kappa shape index (κ1) is 20.7. The molecular formula is C20H34O4. The minimum Gasteiger partial charge on any atom is -0.478 e. The first-order chi connectivity index (χ1) is 11.3. The molecule has 24 heavy (non-hydrogen) atoms. The van der Waals surface area contributed by atoms with Gasteiger partial charge in [0.1, 0.15) is 5.60 Å². The van der Waals surface area contributed by atoms with Crippen molar-refractivity contribution in [3.8, 4) is 0 Å². The Kier molecular flexibility index (Phi) is 8.51. The minimum atomic E-state index is -1.13. The van der Waals surface area contributed by atoms with Gasteiger partial charge >= 0.3 is 11.9 Å². The van der Waals surface area contributed by atoms with Crippen LogP contribution in [0.25, 0.3) is 0 Å². The lowest BCUT2D eigenvalue weighted by molar-refractivity contribution is -0.161. The first-order valence-electron chi connectivity index (χ1n) is 9.40. The van der Waals surface area contributed by atoms with Crippen LogP contribution in [0.5, 0.6) is 0 Å². The molecule has 1 aliphatic rings. The molecule has 0 aromatic heterocycles. The van der Waals surface area contributed by atoms with Crippen LogP contribution in [-0.2, 0) is 14.3 Å². The summed E-state index contributed by atoms with van der Waals surface area (Å²) in [4.78, 5) is 22.6. The number of aliphatic carboxylic acids is 1. The van der Waals surface area contributed by atoms with E-state index in [4.69, 9.17) is 9.84 Å². The molecule has 0 radical (unpaired) electrons. The van der Waals surface area contributed by atoms with Crippen LogP contribution in [-0.4, -0.2) is 22.6 Å². The van der Waals surface area contributed by atoms with E-state index in [-0.39, 0.29) is 0 Å². The van der Waals surface area contributed by atoms with Crippen LogP contribution in [0.4, 0.5) is 0 Å². The first-order valence-corrected chi connectivity index (χ1v) is 9.40. The van der Waals surface area contributed by atoms with Crippen LogP contribution in [0, 0.1) is 17.8 Å². The molecule has 4 heteroatoms. The Labute approximate surface area is 146 Å². The Morgan fingerprint density at radius 2 is 1.83 bits per heavy atom. The van der Waals surface area contributed by atoms with Crippen molar-refractivity contribution < 1.29 is 19.4 Å². The van der Waals surface area contributed by atoms with Crippen molar-refractivity contribution in [2.75, 3.05) is 0 Å². The van der Waals surface area contributed by atoms with Gasteiger partial charge in [-0.3, -0.25) is 0 Å². The van der Waals surface area contributed by atoms with Gasteiger partial charge in [-0.15, -0.1) is 0 Å². The second-order valence-electron chi connectivity index (χ2n) is 7.86. The number of hydrogen-bond acceptors (Lipinski definition) is 3. The predicted octanol–water partition coefficient (Wildman–Crippen LogP) is 4.97. The van der Waals surface area contributed by atoms with Gasteiger partial charge in [-0.25, -0.2) is 9.59 Å². The molecule has 1 fully saturated rings. The molecule has 0 amide bonds. The third kappa shape index (κ3) is 7.06. The smallest absolute Gasteiger partial charge is 0.331 e. The fourth-order valence-corrected chi connectivity index (χ4v) is 3.94. The molecule has 1 atom stereocenters. The van der Waals surface area contributed by atoms with Crippen molar-refractivity contribution in [1.82, 2.24) is 0 Å². The number of esters is 1. The van der Waals surface area contributed by atoms with Gasteiger partial charge in [0.15, 0.2) is 0 Å². The molecule has 0 saturated heterocycles. The van der Waals surface area contributed by atoms with Gasteiger partial charge < -0.3 is 9.84 Å². The number of hydrogen-bond donors (Lipinski definition) is 1. The minimum absolute atomic E-state index is 0.370. The van der Waals surface area contributed by atoms with Gasteiger partial charge in [0, 0.05) is 12.2 Å². The topological polar surface area (TPSA) is 63.6 Å². The lowest BCUT2D eigenvalue weighted by Crippen LogP contribution is -2.41. The molecule has 138 valence electrons. The molecule has 1 unspecified atom stereocenters. The summed E-state index contributed by atoms with van der Waals surface area (Å²) in [5, 5.41) is 8.66. The highest BCUT2D eigenvalue weighted by Gasteiger charge is 2.39. The summed E-state index contributed by atoms with van der Waals surface area (Å²) in [5.41, 5.74) is -0.487. The zero-order valence-electron chi connectivity index (χ0n) is 15.7. The Balaban J connectivity index is 2.70. The standard InChI is InChI=1S/C20H34O4/c1-5-6-13-20(4,24-19(23)12-11-18(21)22)17-9-7-16(8-10-17)14-15(2)3/h11-12,15-17H,5-10,13-14H2,1-4H3,(H,21,22)/b12-11+. The van der Waals surface area contributed by atoms with Crippen molar-refractivity contribution >= 4 is 11.9 Å². The van der Waals surface area contributed by atoms with E-state index in [9.17, 15) is 9.59 Å². The molecule has 0 aromatic rings. The number of carboxylic acid groups (broad SMARTS) is 1. The average molecular weight is 338 g/mol. The molecule has 0 aliphatic heterocycles. The zero-order chi connectivity index (χ0) is 18.2. The number of carboxylic acids is 1. The van der Waals surface area contributed by atoms with E-state index in [1.54, 1.807) is 0 Å². The molecule has 1 N–H and O–H groups in total. The Hall–Kier alpha value is -1.32. The third-order valence-corrected chi connectivity index (χ3v) is 5.24. The molecule has 0 spiro atoms. The van der Waals surface area contributed by atoms with Crippen molar-refractivity contribution in [2.45, 2.75) is 84.7 Å². The largest absolute Gasteiger partial charge is 0.478 e. The molecular weight excluding hydrogens is 304 g/mol. The van der Waals surface area contributed by atoms with Crippen molar-refractivity contribution in [1.29, 1.82) is 0 Å². The molecule has 0 heterocycles. The summed E-state index contributed by atoms with van der Waals surface area (Å²) in [7, 11) is 0. The Bertz CT molecular complexity index is 433. The lowest BCUT2D eigenvalue weighted by Gasteiger charge is -2.41. The highest BCUT2D eigenvalue weighted by Crippen LogP contribution is 2.41. The highest BCUT2D eigenvalue weighted by molar-refractivity contribution is 5.90. The molecule has 1 aliphatic carbocycles. The van der Waals surface area contributed by atoms with Crippen molar-refractivity contribution in [2.24, 2.45) is 17.8 Å². The van der Waals surface area contributed by atoms with E-state index in [1.807, 2.05) is 6.92 Å². The third-order valence-electron chi connectivity index (χ3n) is 5.24. The van der Waals surface area contributed by atoms with E-state index < -0.39 is 17.5 Å². The van der Waals surface area contributed by atoms with Gasteiger partial charge in [0.25, 0.3) is 0 Å². The second-order valence-corrected chi connectivity index (χ2v) is 7.86. The fraction of sp³-hybridized carbons (Fsp3) is 0.800. The van der Waals surface area contributed by atoms with E-state index in [0.717, 1.165) is 56.1 Å². The fourth-order valence-electron chi connectivity index (χ4n) is 3.94. The van der Waals surface area contributed by atoms with Gasteiger partial charge in [-0.2, -0.15) is 0 Å². The molecule has 0 aromatic carbocycles. The molecule has 1 rings (SSSR count). The normalized spacial score (nSPS) is 24.0. The van der Waals surface area contributed by atoms with Gasteiger partial charge in [0.2, 0.25) is 0 Å². The second kappa shape index (κ2) is 9.85.